The molecular formula is C15H28N4O4. The second-order valence-corrected chi connectivity index (χ2v) is 6.45. The Morgan fingerprint density at radius 3 is 2.74 bits per heavy atom. The molecule has 0 radical (unpaired) electrons. The molecule has 132 valence electrons. The van der Waals surface area contributed by atoms with Crippen molar-refractivity contribution in [3.8, 4) is 0 Å². The van der Waals surface area contributed by atoms with Gasteiger partial charge in [0.2, 0.25) is 0 Å². The maximum atomic E-state index is 11.6. The number of aliphatic hydroxyl groups excluding tert-OH is 2. The molecular weight excluding hydrogens is 300 g/mol. The molecule has 0 aliphatic carbocycles. The summed E-state index contributed by atoms with van der Waals surface area (Å²) >= 11 is 0. The number of hydrogen-bond acceptors (Lipinski definition) is 6. The number of carbonyl (C=O) groups excluding carboxylic acids is 1. The van der Waals surface area contributed by atoms with E-state index in [4.69, 9.17) is 9.84 Å². The third kappa shape index (κ3) is 7.96. The summed E-state index contributed by atoms with van der Waals surface area (Å²) in [6.07, 6.45) is 0.403. The van der Waals surface area contributed by atoms with Gasteiger partial charge in [0.25, 0.3) is 0 Å². The van der Waals surface area contributed by atoms with E-state index in [1.54, 1.807) is 31.6 Å². The summed E-state index contributed by atoms with van der Waals surface area (Å²) in [6, 6.07) is 1.89. The lowest BCUT2D eigenvalue weighted by Gasteiger charge is -2.25. The molecule has 1 amide bonds. The Morgan fingerprint density at radius 2 is 2.22 bits per heavy atom. The standard InChI is InChI=1S/C15H28N4O4/c1-15(2,3)23-14(22)16-7-8-19(10-13(21)11-20)9-12-5-6-17-18(12)4/h5-6,13,20-21H,7-11H2,1-4H3,(H,16,22). The first kappa shape index (κ1) is 19.4. The zero-order valence-corrected chi connectivity index (χ0v) is 14.3. The van der Waals surface area contributed by atoms with Gasteiger partial charge in [-0.3, -0.25) is 9.58 Å². The molecule has 8 heteroatoms. The van der Waals surface area contributed by atoms with E-state index in [2.05, 4.69) is 10.4 Å². The largest absolute Gasteiger partial charge is 0.444 e. The summed E-state index contributed by atoms with van der Waals surface area (Å²) in [6.45, 7) is 6.87. The SMILES string of the molecule is Cn1nccc1CN(CCNC(=O)OC(C)(C)C)CC(O)CO. The molecule has 0 bridgehead atoms. The number of ether oxygens (including phenoxy) is 1. The van der Waals surface area contributed by atoms with Gasteiger partial charge in [0.15, 0.2) is 0 Å². The maximum Gasteiger partial charge on any atom is 0.407 e. The van der Waals surface area contributed by atoms with E-state index < -0.39 is 17.8 Å². The number of aryl methyl sites for hydroxylation is 1. The molecule has 3 N–H and O–H groups in total. The smallest absolute Gasteiger partial charge is 0.407 e. The lowest BCUT2D eigenvalue weighted by Crippen LogP contribution is -2.41. The van der Waals surface area contributed by atoms with Gasteiger partial charge in [0.05, 0.1) is 18.4 Å². The van der Waals surface area contributed by atoms with Crippen LogP contribution < -0.4 is 5.32 Å². The number of nitrogens with one attached hydrogen (secondary N) is 1. The maximum absolute atomic E-state index is 11.6. The minimum Gasteiger partial charge on any atom is -0.444 e. The summed E-state index contributed by atoms with van der Waals surface area (Å²) in [5.74, 6) is 0. The van der Waals surface area contributed by atoms with Crippen molar-refractivity contribution in [1.29, 1.82) is 0 Å². The molecule has 1 unspecified atom stereocenters. The van der Waals surface area contributed by atoms with E-state index in [1.807, 2.05) is 18.0 Å². The topological polar surface area (TPSA) is 99.9 Å². The fourth-order valence-corrected chi connectivity index (χ4v) is 2.01. The van der Waals surface area contributed by atoms with Crippen LogP contribution in [0.3, 0.4) is 0 Å². The third-order valence-corrected chi connectivity index (χ3v) is 3.08. The molecule has 1 heterocycles. The summed E-state index contributed by atoms with van der Waals surface area (Å²) in [4.78, 5) is 13.6. The zero-order chi connectivity index (χ0) is 17.5. The van der Waals surface area contributed by atoms with Crippen molar-refractivity contribution in [3.63, 3.8) is 0 Å². The molecule has 0 aliphatic rings. The molecule has 1 aromatic rings. The van der Waals surface area contributed by atoms with Gasteiger partial charge in [-0.15, -0.1) is 0 Å². The van der Waals surface area contributed by atoms with Crippen LogP contribution in [0.5, 0.6) is 0 Å². The Morgan fingerprint density at radius 1 is 1.52 bits per heavy atom. The van der Waals surface area contributed by atoms with Crippen LogP contribution in [-0.2, 0) is 18.3 Å². The van der Waals surface area contributed by atoms with Crippen molar-refractivity contribution < 1.29 is 19.7 Å². The number of alkyl carbamates (subject to hydrolysis) is 1. The first-order chi connectivity index (χ1) is 10.7. The van der Waals surface area contributed by atoms with E-state index in [-0.39, 0.29) is 6.61 Å². The van der Waals surface area contributed by atoms with Crippen LogP contribution in [0.4, 0.5) is 4.79 Å². The summed E-state index contributed by atoms with van der Waals surface area (Å²) in [5.41, 5.74) is 0.443. The fraction of sp³-hybridized carbons (Fsp3) is 0.733. The second kappa shape index (κ2) is 8.85. The summed E-state index contributed by atoms with van der Waals surface area (Å²) in [7, 11) is 1.84. The van der Waals surface area contributed by atoms with E-state index in [0.717, 1.165) is 5.69 Å². The molecule has 0 aromatic carbocycles. The van der Waals surface area contributed by atoms with Crippen LogP contribution in [0.15, 0.2) is 12.3 Å². The molecule has 1 aromatic heterocycles. The molecule has 0 saturated carbocycles. The number of nitrogens with zero attached hydrogens (tertiary/aromatic N) is 3. The van der Waals surface area contributed by atoms with Gasteiger partial charge in [-0.05, 0) is 26.8 Å². The predicted molar refractivity (Wildman–Crippen MR) is 85.8 cm³/mol. The number of rotatable bonds is 8. The summed E-state index contributed by atoms with van der Waals surface area (Å²) in [5, 5.41) is 25.5. The van der Waals surface area contributed by atoms with E-state index in [0.29, 0.717) is 26.2 Å². The normalized spacial score (nSPS) is 13.2. The zero-order valence-electron chi connectivity index (χ0n) is 14.3. The van der Waals surface area contributed by atoms with Gasteiger partial charge in [-0.2, -0.15) is 5.10 Å². The van der Waals surface area contributed by atoms with E-state index in [1.165, 1.54) is 0 Å². The predicted octanol–water partition coefficient (Wildman–Crippen LogP) is 0.100. The van der Waals surface area contributed by atoms with Crippen molar-refractivity contribution in [1.82, 2.24) is 20.0 Å². The molecule has 23 heavy (non-hydrogen) atoms. The van der Waals surface area contributed by atoms with Crippen molar-refractivity contribution >= 4 is 6.09 Å². The molecule has 0 spiro atoms. The minimum atomic E-state index is -0.829. The Kier molecular flexibility index (Phi) is 7.47. The molecule has 1 rings (SSSR count). The van der Waals surface area contributed by atoms with Gasteiger partial charge >= 0.3 is 6.09 Å². The van der Waals surface area contributed by atoms with Gasteiger partial charge in [-0.25, -0.2) is 4.79 Å². The summed E-state index contributed by atoms with van der Waals surface area (Å²) < 4.78 is 6.92. The monoisotopic (exact) mass is 328 g/mol. The van der Waals surface area contributed by atoms with Crippen LogP contribution in [0.25, 0.3) is 0 Å². The first-order valence-corrected chi connectivity index (χ1v) is 7.66. The second-order valence-electron chi connectivity index (χ2n) is 6.45. The lowest BCUT2D eigenvalue weighted by molar-refractivity contribution is 0.0477. The van der Waals surface area contributed by atoms with Crippen LogP contribution in [0.2, 0.25) is 0 Å². The van der Waals surface area contributed by atoms with Crippen LogP contribution >= 0.6 is 0 Å². The number of aromatic nitrogens is 2. The van der Waals surface area contributed by atoms with Crippen molar-refractivity contribution in [2.24, 2.45) is 7.05 Å². The van der Waals surface area contributed by atoms with Crippen molar-refractivity contribution in [3.05, 3.63) is 18.0 Å². The van der Waals surface area contributed by atoms with Gasteiger partial charge in [-0.1, -0.05) is 0 Å². The molecule has 0 aliphatic heterocycles. The molecule has 1 atom stereocenters. The minimum absolute atomic E-state index is 0.303. The number of amides is 1. The number of aliphatic hydroxyl groups is 2. The van der Waals surface area contributed by atoms with Crippen LogP contribution in [0, 0.1) is 0 Å². The third-order valence-electron chi connectivity index (χ3n) is 3.08. The Balaban J connectivity index is 2.49. The van der Waals surface area contributed by atoms with Gasteiger partial charge < -0.3 is 20.3 Å². The fourth-order valence-electron chi connectivity index (χ4n) is 2.01. The first-order valence-electron chi connectivity index (χ1n) is 7.66. The highest BCUT2D eigenvalue weighted by atomic mass is 16.6. The average Bonchev–Trinajstić information content (AvgIpc) is 2.82. The molecule has 0 saturated heterocycles. The van der Waals surface area contributed by atoms with Crippen LogP contribution in [0.1, 0.15) is 26.5 Å². The lowest BCUT2D eigenvalue weighted by atomic mass is 10.2. The van der Waals surface area contributed by atoms with E-state index >= 15 is 0 Å². The quantitative estimate of drug-likeness (QED) is 0.626. The Hall–Kier alpha value is -1.64. The highest BCUT2D eigenvalue weighted by Crippen LogP contribution is 2.07. The number of carbonyl (C=O) groups is 1. The Bertz CT molecular complexity index is 484. The molecule has 0 fully saturated rings. The molecule has 8 nitrogen and oxygen atoms in total. The van der Waals surface area contributed by atoms with E-state index in [9.17, 15) is 9.90 Å². The average molecular weight is 328 g/mol. The van der Waals surface area contributed by atoms with Crippen molar-refractivity contribution in [2.45, 2.75) is 39.0 Å². The van der Waals surface area contributed by atoms with Gasteiger partial charge in [0.1, 0.15) is 5.60 Å². The highest BCUT2D eigenvalue weighted by Gasteiger charge is 2.17. The Labute approximate surface area is 137 Å². The van der Waals surface area contributed by atoms with Gasteiger partial charge in [0, 0.05) is 39.4 Å². The van der Waals surface area contributed by atoms with Crippen LogP contribution in [-0.4, -0.2) is 68.9 Å². The van der Waals surface area contributed by atoms with Crippen molar-refractivity contribution in [2.75, 3.05) is 26.2 Å². The number of hydrogen-bond donors (Lipinski definition) is 3. The highest BCUT2D eigenvalue weighted by molar-refractivity contribution is 5.67.